The Balaban J connectivity index is 4.16. The Morgan fingerprint density at radius 2 is 1.80 bits per heavy atom. The lowest BCUT2D eigenvalue weighted by Crippen LogP contribution is -2.56. The molecule has 0 heterocycles. The molecule has 2 amide bonds. The van der Waals surface area contributed by atoms with Gasteiger partial charge in [-0.15, -0.1) is 0 Å². The number of amides is 2. The molecule has 0 saturated carbocycles. The van der Waals surface area contributed by atoms with Crippen LogP contribution < -0.4 is 10.6 Å². The summed E-state index contributed by atoms with van der Waals surface area (Å²) >= 11 is 0. The van der Waals surface area contributed by atoms with E-state index in [1.807, 2.05) is 13.8 Å². The van der Waals surface area contributed by atoms with Gasteiger partial charge < -0.3 is 15.7 Å². The first-order valence-electron chi connectivity index (χ1n) is 7.67. The molecule has 0 aromatic rings. The van der Waals surface area contributed by atoms with Gasteiger partial charge in [0.1, 0.15) is 5.54 Å². The Bertz CT molecular complexity index is 307. The Morgan fingerprint density at radius 1 is 1.15 bits per heavy atom. The summed E-state index contributed by atoms with van der Waals surface area (Å²) in [7, 11) is 0. The Morgan fingerprint density at radius 3 is 2.30 bits per heavy atom. The summed E-state index contributed by atoms with van der Waals surface area (Å²) < 4.78 is 0. The summed E-state index contributed by atoms with van der Waals surface area (Å²) in [6.07, 6.45) is 6.71. The SMILES string of the molecule is CCCCCCC(C)NC(=O)NC(C)(CCC)C(=O)O. The zero-order valence-corrected chi connectivity index (χ0v) is 13.3. The van der Waals surface area contributed by atoms with Gasteiger partial charge in [-0.25, -0.2) is 9.59 Å². The average Bonchev–Trinajstić information content (AvgIpc) is 2.34. The van der Waals surface area contributed by atoms with Crippen LogP contribution in [0.5, 0.6) is 0 Å². The van der Waals surface area contributed by atoms with Crippen molar-refractivity contribution in [2.45, 2.75) is 84.2 Å². The van der Waals surface area contributed by atoms with Crippen LogP contribution in [0.15, 0.2) is 0 Å². The van der Waals surface area contributed by atoms with Crippen molar-refractivity contribution in [2.75, 3.05) is 0 Å². The second kappa shape index (κ2) is 9.61. The summed E-state index contributed by atoms with van der Waals surface area (Å²) in [5.74, 6) is -0.995. The largest absolute Gasteiger partial charge is 0.480 e. The number of hydrogen-bond acceptors (Lipinski definition) is 2. The first-order chi connectivity index (χ1) is 9.35. The monoisotopic (exact) mass is 286 g/mol. The molecule has 118 valence electrons. The predicted octanol–water partition coefficient (Wildman–Crippen LogP) is 3.29. The van der Waals surface area contributed by atoms with Gasteiger partial charge in [0.05, 0.1) is 0 Å². The highest BCUT2D eigenvalue weighted by molar-refractivity contribution is 5.85. The van der Waals surface area contributed by atoms with Gasteiger partial charge in [-0.3, -0.25) is 0 Å². The van der Waals surface area contributed by atoms with E-state index in [1.54, 1.807) is 6.92 Å². The van der Waals surface area contributed by atoms with E-state index >= 15 is 0 Å². The number of aliphatic carboxylic acids is 1. The van der Waals surface area contributed by atoms with Crippen LogP contribution in [-0.2, 0) is 4.79 Å². The molecule has 2 atom stereocenters. The van der Waals surface area contributed by atoms with E-state index in [0.29, 0.717) is 12.8 Å². The maximum Gasteiger partial charge on any atom is 0.329 e. The molecule has 5 heteroatoms. The van der Waals surface area contributed by atoms with E-state index in [4.69, 9.17) is 0 Å². The van der Waals surface area contributed by atoms with Crippen LogP contribution in [0.25, 0.3) is 0 Å². The van der Waals surface area contributed by atoms with E-state index < -0.39 is 17.5 Å². The van der Waals surface area contributed by atoms with Crippen LogP contribution in [0.4, 0.5) is 4.79 Å². The van der Waals surface area contributed by atoms with E-state index in [9.17, 15) is 14.7 Å². The third kappa shape index (κ3) is 7.36. The van der Waals surface area contributed by atoms with Gasteiger partial charge in [-0.05, 0) is 26.7 Å². The van der Waals surface area contributed by atoms with Gasteiger partial charge in [0.25, 0.3) is 0 Å². The van der Waals surface area contributed by atoms with Crippen molar-refractivity contribution in [3.63, 3.8) is 0 Å². The number of carboxylic acid groups (broad SMARTS) is 1. The minimum absolute atomic E-state index is 0.0616. The average molecular weight is 286 g/mol. The number of carboxylic acids is 1. The lowest BCUT2D eigenvalue weighted by molar-refractivity contribution is -0.144. The molecule has 3 N–H and O–H groups in total. The smallest absolute Gasteiger partial charge is 0.329 e. The van der Waals surface area contributed by atoms with E-state index in [2.05, 4.69) is 17.6 Å². The minimum atomic E-state index is -1.19. The summed E-state index contributed by atoms with van der Waals surface area (Å²) in [5, 5.41) is 14.6. The highest BCUT2D eigenvalue weighted by Gasteiger charge is 2.33. The van der Waals surface area contributed by atoms with Crippen molar-refractivity contribution in [1.82, 2.24) is 10.6 Å². The lowest BCUT2D eigenvalue weighted by Gasteiger charge is -2.27. The fourth-order valence-corrected chi connectivity index (χ4v) is 2.18. The number of carbonyl (C=O) groups is 2. The first kappa shape index (κ1) is 18.7. The molecular weight excluding hydrogens is 256 g/mol. The summed E-state index contributed by atoms with van der Waals surface area (Å²) in [5.41, 5.74) is -1.19. The molecule has 20 heavy (non-hydrogen) atoms. The van der Waals surface area contributed by atoms with Crippen molar-refractivity contribution in [3.05, 3.63) is 0 Å². The topological polar surface area (TPSA) is 78.4 Å². The molecule has 0 radical (unpaired) electrons. The maximum atomic E-state index is 11.9. The Hall–Kier alpha value is -1.26. The van der Waals surface area contributed by atoms with Crippen molar-refractivity contribution in [2.24, 2.45) is 0 Å². The standard InChI is InChI=1S/C15H30N2O3/c1-5-7-8-9-10-12(3)16-14(20)17-15(4,11-6-2)13(18)19/h12H,5-11H2,1-4H3,(H,18,19)(H2,16,17,20). The molecule has 0 bridgehead atoms. The van der Waals surface area contributed by atoms with Crippen molar-refractivity contribution >= 4 is 12.0 Å². The molecule has 0 saturated heterocycles. The molecule has 0 aliphatic rings. The van der Waals surface area contributed by atoms with E-state index in [0.717, 1.165) is 12.8 Å². The second-order valence-electron chi connectivity index (χ2n) is 5.74. The molecular formula is C15H30N2O3. The van der Waals surface area contributed by atoms with Gasteiger partial charge in [0.2, 0.25) is 0 Å². The summed E-state index contributed by atoms with van der Waals surface area (Å²) in [6, 6.07) is -0.335. The molecule has 0 aromatic heterocycles. The van der Waals surface area contributed by atoms with Gasteiger partial charge in [-0.2, -0.15) is 0 Å². The van der Waals surface area contributed by atoms with Crippen molar-refractivity contribution in [3.8, 4) is 0 Å². The second-order valence-corrected chi connectivity index (χ2v) is 5.74. The molecule has 0 spiro atoms. The Kier molecular flexibility index (Phi) is 9.01. The number of carbonyl (C=O) groups excluding carboxylic acids is 1. The zero-order valence-electron chi connectivity index (χ0n) is 13.3. The van der Waals surface area contributed by atoms with Crippen LogP contribution in [0, 0.1) is 0 Å². The normalized spacial score (nSPS) is 15.2. The third-order valence-corrected chi connectivity index (χ3v) is 3.48. The van der Waals surface area contributed by atoms with Crippen molar-refractivity contribution < 1.29 is 14.7 Å². The molecule has 0 aliphatic carbocycles. The third-order valence-electron chi connectivity index (χ3n) is 3.48. The molecule has 5 nitrogen and oxygen atoms in total. The minimum Gasteiger partial charge on any atom is -0.480 e. The number of nitrogens with one attached hydrogen (secondary N) is 2. The number of hydrogen-bond donors (Lipinski definition) is 3. The highest BCUT2D eigenvalue weighted by atomic mass is 16.4. The van der Waals surface area contributed by atoms with Gasteiger partial charge in [0.15, 0.2) is 0 Å². The molecule has 0 aliphatic heterocycles. The molecule has 2 unspecified atom stereocenters. The van der Waals surface area contributed by atoms with Gasteiger partial charge in [0, 0.05) is 6.04 Å². The number of rotatable bonds is 10. The fraction of sp³-hybridized carbons (Fsp3) is 0.867. The number of unbranched alkanes of at least 4 members (excludes halogenated alkanes) is 3. The van der Waals surface area contributed by atoms with Crippen LogP contribution in [0.3, 0.4) is 0 Å². The number of urea groups is 1. The summed E-state index contributed by atoms with van der Waals surface area (Å²) in [4.78, 5) is 23.1. The fourth-order valence-electron chi connectivity index (χ4n) is 2.18. The van der Waals surface area contributed by atoms with Crippen LogP contribution in [-0.4, -0.2) is 28.7 Å². The maximum absolute atomic E-state index is 11.9. The first-order valence-corrected chi connectivity index (χ1v) is 7.67. The van der Waals surface area contributed by atoms with Crippen LogP contribution in [0.1, 0.15) is 72.6 Å². The molecule has 0 rings (SSSR count). The van der Waals surface area contributed by atoms with Crippen molar-refractivity contribution in [1.29, 1.82) is 0 Å². The molecule has 0 fully saturated rings. The quantitative estimate of drug-likeness (QED) is 0.539. The van der Waals surface area contributed by atoms with Crippen LogP contribution >= 0.6 is 0 Å². The summed E-state index contributed by atoms with van der Waals surface area (Å²) in [6.45, 7) is 7.56. The van der Waals surface area contributed by atoms with Crippen LogP contribution in [0.2, 0.25) is 0 Å². The van der Waals surface area contributed by atoms with Gasteiger partial charge >= 0.3 is 12.0 Å². The highest BCUT2D eigenvalue weighted by Crippen LogP contribution is 2.12. The van der Waals surface area contributed by atoms with E-state index in [1.165, 1.54) is 19.3 Å². The van der Waals surface area contributed by atoms with E-state index in [-0.39, 0.29) is 6.04 Å². The zero-order chi connectivity index (χ0) is 15.6. The molecule has 0 aromatic carbocycles. The van der Waals surface area contributed by atoms with Gasteiger partial charge in [-0.1, -0.05) is 46.0 Å². The lowest BCUT2D eigenvalue weighted by atomic mass is 9.96. The predicted molar refractivity (Wildman–Crippen MR) is 80.8 cm³/mol. The Labute approximate surface area is 122 Å².